The van der Waals surface area contributed by atoms with Crippen LogP contribution in [-0.2, 0) is 26.7 Å². The van der Waals surface area contributed by atoms with Crippen LogP contribution in [0.25, 0.3) is 0 Å². The molecule has 29 heavy (non-hydrogen) atoms. The van der Waals surface area contributed by atoms with Gasteiger partial charge in [-0.25, -0.2) is 5.43 Å². The largest absolute Gasteiger partial charge is 2.00 e. The van der Waals surface area contributed by atoms with Crippen molar-refractivity contribution in [2.75, 3.05) is 0 Å². The molecule has 0 aliphatic rings. The quantitative estimate of drug-likeness (QED) is 0.290. The Bertz CT molecular complexity index is 831. The van der Waals surface area contributed by atoms with Crippen molar-refractivity contribution in [1.82, 2.24) is 10.4 Å². The zero-order chi connectivity index (χ0) is 21.7. The normalized spacial score (nSPS) is 9.10. The van der Waals surface area contributed by atoms with E-state index in [1.165, 1.54) is 44.6 Å². The number of aromatic nitrogens is 1. The monoisotopic (exact) mass is 486 g/mol. The van der Waals surface area contributed by atoms with E-state index in [4.69, 9.17) is 43.0 Å². The van der Waals surface area contributed by atoms with Crippen LogP contribution in [0.5, 0.6) is 5.75 Å². The number of aromatic hydroxyl groups is 1. The summed E-state index contributed by atoms with van der Waals surface area (Å²) in [6.45, 7) is 2.39. The van der Waals surface area contributed by atoms with Gasteiger partial charge in [0.1, 0.15) is 5.75 Å². The molecule has 0 saturated heterocycles. The van der Waals surface area contributed by atoms with Gasteiger partial charge in [0.25, 0.3) is 5.91 Å². The van der Waals surface area contributed by atoms with Crippen molar-refractivity contribution in [3.63, 3.8) is 0 Å². The van der Waals surface area contributed by atoms with Crippen molar-refractivity contribution in [2.45, 2.75) is 13.8 Å². The number of hydrogen-bond acceptors (Lipinski definition) is 6. The van der Waals surface area contributed by atoms with Gasteiger partial charge in [-0.05, 0) is 24.3 Å². The van der Waals surface area contributed by atoms with Gasteiger partial charge in [-0.3, -0.25) is 9.78 Å². The van der Waals surface area contributed by atoms with Crippen LogP contribution >= 0.6 is 23.2 Å². The van der Waals surface area contributed by atoms with Crippen LogP contribution < -0.4 is 5.43 Å². The van der Waals surface area contributed by atoms with Crippen LogP contribution in [0.15, 0.2) is 41.8 Å². The minimum Gasteiger partial charge on any atom is -0.565 e. The van der Waals surface area contributed by atoms with E-state index < -0.39 is 17.8 Å². The number of pyridine rings is 1. The van der Waals surface area contributed by atoms with Crippen LogP contribution in [-0.4, -0.2) is 44.4 Å². The number of nitrogens with one attached hydrogen (secondary N) is 1. The second-order valence-corrected chi connectivity index (χ2v) is 5.72. The number of hydrazone groups is 1. The summed E-state index contributed by atoms with van der Waals surface area (Å²) in [5.74, 6) is -1.71. The number of rotatable bonds is 3. The summed E-state index contributed by atoms with van der Waals surface area (Å²) < 4.78 is 0. The molecule has 0 spiro atoms. The Morgan fingerprint density at radius 2 is 1.59 bits per heavy atom. The average Bonchev–Trinajstić information content (AvgIpc) is 2.58. The number of carbonyl (C=O) groups excluding carboxylic acids is 3. The Kier molecular flexibility index (Phi) is 15.1. The Hall–Kier alpha value is -2.65. The molecular formula is C17H19Cl2MnN3O6+4. The second-order valence-electron chi connectivity index (χ2n) is 4.87. The molecule has 0 unspecified atom stereocenters. The van der Waals surface area contributed by atoms with Crippen molar-refractivity contribution in [3.05, 3.63) is 57.8 Å². The zero-order valence-corrected chi connectivity index (χ0v) is 17.9. The molecule has 0 fully saturated rings. The van der Waals surface area contributed by atoms with Gasteiger partial charge in [-0.2, -0.15) is 5.10 Å². The molecule has 12 heteroatoms. The van der Waals surface area contributed by atoms with E-state index in [0.717, 1.165) is 0 Å². The summed E-state index contributed by atoms with van der Waals surface area (Å²) in [4.78, 5) is 33.7. The molecule has 2 aromatic rings. The summed E-state index contributed by atoms with van der Waals surface area (Å²) in [7, 11) is 0. The summed E-state index contributed by atoms with van der Waals surface area (Å²) in [6.07, 6.45) is 4.26. The fraction of sp³-hybridized carbons (Fsp3) is 0.118. The van der Waals surface area contributed by atoms with Gasteiger partial charge in [-0.15, -0.1) is 0 Å². The van der Waals surface area contributed by atoms with Gasteiger partial charge >= 0.3 is 29.0 Å². The molecule has 0 atom stereocenters. The minimum atomic E-state index is -0.583. The average molecular weight is 487 g/mol. The molecule has 0 aliphatic heterocycles. The number of amides is 1. The first-order chi connectivity index (χ1) is 13.0. The molecule has 1 aromatic heterocycles. The smallest absolute Gasteiger partial charge is 0.565 e. The SMILES string of the molecule is CC(=O)[OH2+].CC(=O)[OH2+].O=C(N/N=C/c1cc(Cl)cc(Cl)c1O)c1ccncc1.[Mn+2]. The van der Waals surface area contributed by atoms with E-state index in [0.29, 0.717) is 16.1 Å². The number of phenolic OH excluding ortho intramolecular Hbond substituents is 1. The van der Waals surface area contributed by atoms with E-state index in [1.807, 2.05) is 0 Å². The summed E-state index contributed by atoms with van der Waals surface area (Å²) in [5, 5.41) is 25.8. The third-order valence-corrected chi connectivity index (χ3v) is 2.88. The fourth-order valence-corrected chi connectivity index (χ4v) is 1.92. The van der Waals surface area contributed by atoms with Gasteiger partial charge in [0.2, 0.25) is 0 Å². The number of carbonyl (C=O) groups is 3. The van der Waals surface area contributed by atoms with Crippen molar-refractivity contribution in [3.8, 4) is 5.75 Å². The predicted molar refractivity (Wildman–Crippen MR) is 106 cm³/mol. The number of benzene rings is 1. The summed E-state index contributed by atoms with van der Waals surface area (Å²) in [6, 6.07) is 5.99. The van der Waals surface area contributed by atoms with Gasteiger partial charge in [-0.1, -0.05) is 23.2 Å². The Morgan fingerprint density at radius 3 is 2.07 bits per heavy atom. The van der Waals surface area contributed by atoms with Gasteiger partial charge in [0.05, 0.1) is 25.1 Å². The molecule has 9 nitrogen and oxygen atoms in total. The number of phenols is 1. The summed E-state index contributed by atoms with van der Waals surface area (Å²) >= 11 is 11.6. The molecule has 1 aromatic carbocycles. The third kappa shape index (κ3) is 14.1. The third-order valence-electron chi connectivity index (χ3n) is 2.37. The van der Waals surface area contributed by atoms with Crippen molar-refractivity contribution >= 4 is 47.3 Å². The Labute approximate surface area is 186 Å². The zero-order valence-electron chi connectivity index (χ0n) is 15.2. The van der Waals surface area contributed by atoms with Gasteiger partial charge in [0.15, 0.2) is 0 Å². The predicted octanol–water partition coefficient (Wildman–Crippen LogP) is 1.37. The van der Waals surface area contributed by atoms with Crippen molar-refractivity contribution in [1.29, 1.82) is 0 Å². The molecule has 6 N–H and O–H groups in total. The van der Waals surface area contributed by atoms with E-state index in [9.17, 15) is 9.90 Å². The summed E-state index contributed by atoms with van der Waals surface area (Å²) in [5.41, 5.74) is 3.04. The van der Waals surface area contributed by atoms with Crippen molar-refractivity contribution in [2.24, 2.45) is 5.10 Å². The minimum absolute atomic E-state index is 0. The molecule has 1 amide bonds. The molecule has 155 valence electrons. The number of halogens is 2. The second kappa shape index (κ2) is 15.3. The first kappa shape index (κ1) is 28.6. The molecule has 0 saturated carbocycles. The van der Waals surface area contributed by atoms with Crippen LogP contribution in [0.1, 0.15) is 29.8 Å². The maximum Gasteiger partial charge on any atom is 2.00 e. The molecule has 1 radical (unpaired) electrons. The topological polar surface area (TPSA) is 155 Å². The first-order valence-electron chi connectivity index (χ1n) is 7.40. The molecular weight excluding hydrogens is 468 g/mol. The fourth-order valence-electron chi connectivity index (χ4n) is 1.41. The van der Waals surface area contributed by atoms with Crippen LogP contribution in [0.2, 0.25) is 10.0 Å². The van der Waals surface area contributed by atoms with E-state index in [1.54, 1.807) is 12.1 Å². The van der Waals surface area contributed by atoms with E-state index >= 15 is 0 Å². The maximum atomic E-state index is 11.7. The van der Waals surface area contributed by atoms with Crippen molar-refractivity contribution < 1.29 is 46.8 Å². The standard InChI is InChI=1S/C13H9Cl2N3O2.2C2H4O2.Mn/c14-10-5-9(12(19)11(15)6-10)7-17-18-13(20)8-1-3-16-4-2-8;2*1-2(3)4;/h1-7,19H,(H,18,20);2*1H3,(H,3,4);/q;;;+2/p+2/b17-7+;;;. The van der Waals surface area contributed by atoms with E-state index in [2.05, 4.69) is 15.5 Å². The van der Waals surface area contributed by atoms with E-state index in [-0.39, 0.29) is 27.8 Å². The first-order valence-corrected chi connectivity index (χ1v) is 8.16. The van der Waals surface area contributed by atoms with Gasteiger partial charge < -0.3 is 15.3 Å². The number of nitrogens with zero attached hydrogens (tertiary/aromatic N) is 2. The Morgan fingerprint density at radius 1 is 1.10 bits per heavy atom. The molecule has 0 bridgehead atoms. The van der Waals surface area contributed by atoms with Crippen LogP contribution in [0.3, 0.4) is 0 Å². The molecule has 1 heterocycles. The Balaban J connectivity index is 0. The maximum absolute atomic E-state index is 11.7. The number of hydrogen-bond donors (Lipinski definition) is 2. The van der Waals surface area contributed by atoms with Gasteiger partial charge in [0, 0.05) is 38.1 Å². The molecule has 2 rings (SSSR count). The van der Waals surface area contributed by atoms with Crippen LogP contribution in [0, 0.1) is 0 Å². The van der Waals surface area contributed by atoms with Crippen LogP contribution in [0.4, 0.5) is 0 Å². The molecule has 0 aliphatic carbocycles.